The van der Waals surface area contributed by atoms with Crippen molar-refractivity contribution in [3.05, 3.63) is 95.8 Å². The van der Waals surface area contributed by atoms with Crippen molar-refractivity contribution in [2.75, 3.05) is 7.11 Å². The van der Waals surface area contributed by atoms with Crippen molar-refractivity contribution in [3.8, 4) is 17.2 Å². The number of benzene rings is 3. The van der Waals surface area contributed by atoms with Crippen molar-refractivity contribution in [1.29, 1.82) is 0 Å². The Bertz CT molecular complexity index is 986. The van der Waals surface area contributed by atoms with E-state index >= 15 is 0 Å². The van der Waals surface area contributed by atoms with Crippen LogP contribution in [-0.2, 0) is 0 Å². The molecule has 4 heteroatoms. The van der Waals surface area contributed by atoms with E-state index in [0.29, 0.717) is 11.6 Å². The second-order valence-electron chi connectivity index (χ2n) is 6.76. The van der Waals surface area contributed by atoms with Gasteiger partial charge in [-0.3, -0.25) is 0 Å². The Morgan fingerprint density at radius 3 is 1.83 bits per heavy atom. The minimum absolute atomic E-state index is 0.464. The molecule has 0 spiro atoms. The number of aryl methyl sites for hydroxylation is 2. The van der Waals surface area contributed by atoms with Crippen molar-refractivity contribution >= 4 is 11.6 Å². The molecule has 3 rings (SSSR count). The van der Waals surface area contributed by atoms with E-state index in [-0.39, 0.29) is 0 Å². The standard InChI is InChI=1S/C25H25NO3/c1-18-5-9-21(10-6-18)26-25(29-24-15-13-22(27-4)14-16-24)20(3)17-28-23-11-7-19(2)8-12-23/h5-17H,1-4H3. The normalized spacial score (nSPS) is 11.9. The van der Waals surface area contributed by atoms with Gasteiger partial charge >= 0.3 is 0 Å². The number of ether oxygens (including phenoxy) is 3. The molecule has 0 aromatic heterocycles. The van der Waals surface area contributed by atoms with Gasteiger partial charge in [-0.05, 0) is 69.3 Å². The van der Waals surface area contributed by atoms with E-state index in [1.165, 1.54) is 11.1 Å². The van der Waals surface area contributed by atoms with Gasteiger partial charge in [-0.15, -0.1) is 0 Å². The molecule has 0 saturated heterocycles. The van der Waals surface area contributed by atoms with E-state index in [1.54, 1.807) is 13.4 Å². The van der Waals surface area contributed by atoms with Crippen LogP contribution in [0.5, 0.6) is 17.2 Å². The molecule has 0 aliphatic heterocycles. The summed E-state index contributed by atoms with van der Waals surface area (Å²) in [6.45, 7) is 5.99. The molecule has 0 radical (unpaired) electrons. The molecule has 0 amide bonds. The minimum Gasteiger partial charge on any atom is -0.497 e. The molecule has 29 heavy (non-hydrogen) atoms. The Labute approximate surface area is 172 Å². The lowest BCUT2D eigenvalue weighted by molar-refractivity contribution is 0.414. The highest BCUT2D eigenvalue weighted by molar-refractivity contribution is 5.96. The van der Waals surface area contributed by atoms with Gasteiger partial charge < -0.3 is 14.2 Å². The van der Waals surface area contributed by atoms with Gasteiger partial charge in [0.05, 0.1) is 19.1 Å². The van der Waals surface area contributed by atoms with Gasteiger partial charge in [0.15, 0.2) is 0 Å². The summed E-state index contributed by atoms with van der Waals surface area (Å²) in [6, 6.07) is 23.2. The monoisotopic (exact) mass is 387 g/mol. The Hall–Kier alpha value is -3.53. The lowest BCUT2D eigenvalue weighted by atomic mass is 10.2. The predicted molar refractivity (Wildman–Crippen MR) is 117 cm³/mol. The summed E-state index contributed by atoms with van der Waals surface area (Å²) < 4.78 is 17.1. The van der Waals surface area contributed by atoms with Gasteiger partial charge in [0.25, 0.3) is 0 Å². The summed E-state index contributed by atoms with van der Waals surface area (Å²) in [5, 5.41) is 0. The SMILES string of the molecule is COc1ccc(OC(=Nc2ccc(C)cc2)C(C)=COc2ccc(C)cc2)cc1. The third kappa shape index (κ3) is 5.98. The molecule has 0 aliphatic rings. The van der Waals surface area contributed by atoms with Crippen LogP contribution in [0.2, 0.25) is 0 Å². The van der Waals surface area contributed by atoms with Gasteiger partial charge in [-0.2, -0.15) is 0 Å². The van der Waals surface area contributed by atoms with Crippen LogP contribution in [0.15, 0.2) is 89.6 Å². The zero-order valence-electron chi connectivity index (χ0n) is 17.2. The van der Waals surface area contributed by atoms with Crippen LogP contribution in [-0.4, -0.2) is 13.0 Å². The van der Waals surface area contributed by atoms with Crippen molar-refractivity contribution < 1.29 is 14.2 Å². The first-order chi connectivity index (χ1) is 14.0. The second-order valence-corrected chi connectivity index (χ2v) is 6.76. The topological polar surface area (TPSA) is 40.0 Å². The van der Waals surface area contributed by atoms with Gasteiger partial charge in [0.2, 0.25) is 5.90 Å². The number of aliphatic imine (C=N–C) groups is 1. The molecule has 3 aromatic rings. The average molecular weight is 387 g/mol. The molecular formula is C25H25NO3. The molecule has 3 aromatic carbocycles. The zero-order chi connectivity index (χ0) is 20.6. The molecule has 0 bridgehead atoms. The highest BCUT2D eigenvalue weighted by Gasteiger charge is 2.08. The highest BCUT2D eigenvalue weighted by Crippen LogP contribution is 2.21. The van der Waals surface area contributed by atoms with Crippen LogP contribution in [0.4, 0.5) is 5.69 Å². The second kappa shape index (κ2) is 9.60. The Kier molecular flexibility index (Phi) is 6.69. The average Bonchev–Trinajstić information content (AvgIpc) is 2.74. The predicted octanol–water partition coefficient (Wildman–Crippen LogP) is 6.40. The smallest absolute Gasteiger partial charge is 0.225 e. The number of rotatable bonds is 6. The van der Waals surface area contributed by atoms with Crippen LogP contribution in [0.1, 0.15) is 18.1 Å². The molecule has 0 atom stereocenters. The number of hydrogen-bond donors (Lipinski definition) is 0. The number of hydrogen-bond acceptors (Lipinski definition) is 4. The van der Waals surface area contributed by atoms with E-state index in [1.807, 2.05) is 93.6 Å². The van der Waals surface area contributed by atoms with Gasteiger partial charge in [-0.25, -0.2) is 4.99 Å². The van der Waals surface area contributed by atoms with Crippen LogP contribution < -0.4 is 14.2 Å². The maximum atomic E-state index is 6.06. The number of methoxy groups -OCH3 is 1. The van der Waals surface area contributed by atoms with E-state index < -0.39 is 0 Å². The first-order valence-electron chi connectivity index (χ1n) is 9.41. The minimum atomic E-state index is 0.464. The summed E-state index contributed by atoms with van der Waals surface area (Å²) in [7, 11) is 1.63. The van der Waals surface area contributed by atoms with Gasteiger partial charge in [0.1, 0.15) is 17.2 Å². The van der Waals surface area contributed by atoms with E-state index in [0.717, 1.165) is 22.8 Å². The summed E-state index contributed by atoms with van der Waals surface area (Å²) in [5.74, 6) is 2.66. The molecule has 4 nitrogen and oxygen atoms in total. The Balaban J connectivity index is 1.86. The molecular weight excluding hydrogens is 362 g/mol. The fourth-order valence-electron chi connectivity index (χ4n) is 2.51. The van der Waals surface area contributed by atoms with Gasteiger partial charge in [-0.1, -0.05) is 35.4 Å². The maximum absolute atomic E-state index is 6.06. The quantitative estimate of drug-likeness (QED) is 0.279. The number of nitrogens with zero attached hydrogens (tertiary/aromatic N) is 1. The van der Waals surface area contributed by atoms with E-state index in [4.69, 9.17) is 14.2 Å². The van der Waals surface area contributed by atoms with Gasteiger partial charge in [0, 0.05) is 5.57 Å². The third-order valence-corrected chi connectivity index (χ3v) is 4.27. The van der Waals surface area contributed by atoms with E-state index in [2.05, 4.69) is 4.99 Å². The van der Waals surface area contributed by atoms with Crippen molar-refractivity contribution in [2.24, 2.45) is 4.99 Å². The van der Waals surface area contributed by atoms with Crippen LogP contribution >= 0.6 is 0 Å². The molecule has 0 saturated carbocycles. The molecule has 0 fully saturated rings. The fourth-order valence-corrected chi connectivity index (χ4v) is 2.51. The summed E-state index contributed by atoms with van der Waals surface area (Å²) >= 11 is 0. The fraction of sp³-hybridized carbons (Fsp3) is 0.160. The van der Waals surface area contributed by atoms with Crippen LogP contribution in [0, 0.1) is 13.8 Å². The van der Waals surface area contributed by atoms with Crippen LogP contribution in [0.25, 0.3) is 0 Å². The largest absolute Gasteiger partial charge is 0.497 e. The highest BCUT2D eigenvalue weighted by atomic mass is 16.5. The maximum Gasteiger partial charge on any atom is 0.225 e. The van der Waals surface area contributed by atoms with Crippen molar-refractivity contribution in [1.82, 2.24) is 0 Å². The third-order valence-electron chi connectivity index (χ3n) is 4.27. The lowest BCUT2D eigenvalue weighted by Crippen LogP contribution is -2.11. The zero-order valence-corrected chi connectivity index (χ0v) is 17.2. The Morgan fingerprint density at radius 1 is 0.724 bits per heavy atom. The van der Waals surface area contributed by atoms with E-state index in [9.17, 15) is 0 Å². The summed E-state index contributed by atoms with van der Waals surface area (Å²) in [5.41, 5.74) is 3.93. The lowest BCUT2D eigenvalue weighted by Gasteiger charge is -2.11. The molecule has 0 unspecified atom stereocenters. The van der Waals surface area contributed by atoms with Crippen molar-refractivity contribution in [2.45, 2.75) is 20.8 Å². The summed E-state index contributed by atoms with van der Waals surface area (Å²) in [6.07, 6.45) is 1.65. The molecule has 0 heterocycles. The van der Waals surface area contributed by atoms with Crippen LogP contribution in [0.3, 0.4) is 0 Å². The first kappa shape index (κ1) is 20.2. The summed E-state index contributed by atoms with van der Waals surface area (Å²) in [4.78, 5) is 4.68. The van der Waals surface area contributed by atoms with Crippen molar-refractivity contribution in [3.63, 3.8) is 0 Å². The Morgan fingerprint density at radius 2 is 1.24 bits per heavy atom. The first-order valence-corrected chi connectivity index (χ1v) is 9.41. The molecule has 148 valence electrons. The molecule has 0 N–H and O–H groups in total. The molecule has 0 aliphatic carbocycles.